The van der Waals surface area contributed by atoms with E-state index in [4.69, 9.17) is 23.2 Å². The van der Waals surface area contributed by atoms with Gasteiger partial charge in [-0.25, -0.2) is 0 Å². The van der Waals surface area contributed by atoms with Crippen LogP contribution in [0, 0.1) is 5.92 Å². The molecule has 2 nitrogen and oxygen atoms in total. The molecule has 0 aliphatic carbocycles. The van der Waals surface area contributed by atoms with Gasteiger partial charge in [-0.15, -0.1) is 0 Å². The molecule has 0 aromatic rings. The van der Waals surface area contributed by atoms with Crippen molar-refractivity contribution in [1.82, 2.24) is 5.32 Å². The summed E-state index contributed by atoms with van der Waals surface area (Å²) in [5.74, 6) is 0.273. The highest BCUT2D eigenvalue weighted by atomic mass is 35.5. The highest BCUT2D eigenvalue weighted by Gasteiger charge is 2.14. The van der Waals surface area contributed by atoms with Gasteiger partial charge in [0.15, 0.2) is 0 Å². The maximum absolute atomic E-state index is 10.4. The van der Waals surface area contributed by atoms with Crippen molar-refractivity contribution < 1.29 is 4.79 Å². The summed E-state index contributed by atoms with van der Waals surface area (Å²) in [7, 11) is 0. The third-order valence-corrected chi connectivity index (χ3v) is 2.41. The highest BCUT2D eigenvalue weighted by Crippen LogP contribution is 2.15. The topological polar surface area (TPSA) is 29.1 Å². The molecule has 12 heavy (non-hydrogen) atoms. The molecule has 0 rings (SSSR count). The molecule has 1 N–H and O–H groups in total. The Kier molecular flexibility index (Phi) is 6.58. The summed E-state index contributed by atoms with van der Waals surface area (Å²) in [6.45, 7) is 4.12. The summed E-state index contributed by atoms with van der Waals surface area (Å²) in [4.78, 5) is 10.4. The Hall–Kier alpha value is 0.0500. The zero-order valence-electron chi connectivity index (χ0n) is 7.44. The van der Waals surface area contributed by atoms with Gasteiger partial charge in [0.25, 0.3) is 0 Å². The Labute approximate surface area is 83.6 Å². The molecule has 0 bridgehead atoms. The van der Waals surface area contributed by atoms with E-state index in [-0.39, 0.29) is 11.4 Å². The lowest BCUT2D eigenvalue weighted by Crippen LogP contribution is -2.31. The van der Waals surface area contributed by atoms with Gasteiger partial charge in [-0.1, -0.05) is 38.3 Å². The van der Waals surface area contributed by atoms with Gasteiger partial charge in [0.2, 0.25) is 0 Å². The molecule has 1 amide bonds. The van der Waals surface area contributed by atoms with Crippen LogP contribution in [-0.4, -0.2) is 10.9 Å². The average molecular weight is 212 g/mol. The molecule has 0 radical (unpaired) electrons. The van der Waals surface area contributed by atoms with Crippen LogP contribution in [0.4, 0.5) is 4.79 Å². The van der Waals surface area contributed by atoms with E-state index in [0.29, 0.717) is 0 Å². The molecule has 0 aromatic carbocycles. The Bertz CT molecular complexity index is 141. The van der Waals surface area contributed by atoms with Gasteiger partial charge < -0.3 is 5.32 Å². The number of amides is 1. The standard InChI is InChI=1S/C8H15Cl2NO/c1-3-4-5-6(2)7(9)11-8(10)12/h6-7H,3-5H2,1-2H3,(H,11,12). The third kappa shape index (κ3) is 5.67. The van der Waals surface area contributed by atoms with Gasteiger partial charge >= 0.3 is 5.37 Å². The average Bonchev–Trinajstić information content (AvgIpc) is 1.98. The zero-order valence-corrected chi connectivity index (χ0v) is 8.95. The first-order chi connectivity index (χ1) is 5.57. The van der Waals surface area contributed by atoms with Crippen molar-refractivity contribution in [2.45, 2.75) is 38.6 Å². The van der Waals surface area contributed by atoms with Gasteiger partial charge in [-0.05, 0) is 23.9 Å². The normalized spacial score (nSPS) is 15.3. The molecule has 0 aliphatic heterocycles. The van der Waals surface area contributed by atoms with E-state index in [9.17, 15) is 4.79 Å². The first-order valence-corrected chi connectivity index (χ1v) is 4.99. The monoisotopic (exact) mass is 211 g/mol. The zero-order chi connectivity index (χ0) is 9.56. The number of unbranched alkanes of at least 4 members (excludes halogenated alkanes) is 1. The summed E-state index contributed by atoms with van der Waals surface area (Å²) in [5.41, 5.74) is -0.346. The van der Waals surface area contributed by atoms with Crippen LogP contribution in [-0.2, 0) is 0 Å². The largest absolute Gasteiger partial charge is 0.326 e. The van der Waals surface area contributed by atoms with E-state index in [1.807, 2.05) is 6.92 Å². The second-order valence-electron chi connectivity index (χ2n) is 2.94. The number of nitrogens with one attached hydrogen (secondary N) is 1. The lowest BCUT2D eigenvalue weighted by atomic mass is 10.0. The minimum absolute atomic E-state index is 0.273. The molecule has 0 aromatic heterocycles. The van der Waals surface area contributed by atoms with Crippen molar-refractivity contribution in [1.29, 1.82) is 0 Å². The summed E-state index contributed by atoms with van der Waals surface area (Å²) >= 11 is 11.0. The fraction of sp³-hybridized carbons (Fsp3) is 0.875. The molecule has 0 aliphatic rings. The number of carbonyl (C=O) groups is 1. The van der Waals surface area contributed by atoms with E-state index in [1.54, 1.807) is 0 Å². The lowest BCUT2D eigenvalue weighted by molar-refractivity contribution is 0.256. The Morgan fingerprint density at radius 2 is 2.17 bits per heavy atom. The van der Waals surface area contributed by atoms with Crippen LogP contribution in [0.5, 0.6) is 0 Å². The maximum atomic E-state index is 10.4. The van der Waals surface area contributed by atoms with Gasteiger partial charge in [0.1, 0.15) is 5.50 Å². The van der Waals surface area contributed by atoms with Gasteiger partial charge in [0, 0.05) is 0 Å². The van der Waals surface area contributed by atoms with Crippen LogP contribution in [0.3, 0.4) is 0 Å². The van der Waals surface area contributed by atoms with Crippen molar-refractivity contribution >= 4 is 28.6 Å². The predicted molar refractivity (Wildman–Crippen MR) is 52.7 cm³/mol. The fourth-order valence-corrected chi connectivity index (χ4v) is 1.32. The summed E-state index contributed by atoms with van der Waals surface area (Å²) < 4.78 is 0. The number of hydrogen-bond donors (Lipinski definition) is 1. The van der Waals surface area contributed by atoms with Crippen molar-refractivity contribution in [2.24, 2.45) is 5.92 Å². The molecule has 0 fully saturated rings. The van der Waals surface area contributed by atoms with Crippen LogP contribution in [0.2, 0.25) is 0 Å². The van der Waals surface area contributed by atoms with E-state index in [2.05, 4.69) is 12.2 Å². The molecule has 2 unspecified atom stereocenters. The minimum atomic E-state index is -0.585. The first kappa shape index (κ1) is 12.0. The number of halogens is 2. The Morgan fingerprint density at radius 1 is 1.58 bits per heavy atom. The number of alkyl halides is 1. The molecule has 72 valence electrons. The van der Waals surface area contributed by atoms with E-state index in [0.717, 1.165) is 19.3 Å². The molecule has 2 atom stereocenters. The van der Waals surface area contributed by atoms with Crippen molar-refractivity contribution in [2.75, 3.05) is 0 Å². The first-order valence-electron chi connectivity index (χ1n) is 4.18. The molecule has 0 saturated carbocycles. The van der Waals surface area contributed by atoms with Crippen molar-refractivity contribution in [3.05, 3.63) is 0 Å². The molecule has 0 spiro atoms. The van der Waals surface area contributed by atoms with Gasteiger partial charge in [0.05, 0.1) is 0 Å². The van der Waals surface area contributed by atoms with E-state index >= 15 is 0 Å². The third-order valence-electron chi connectivity index (χ3n) is 1.76. The molecule has 4 heteroatoms. The molecule has 0 saturated heterocycles. The smallest absolute Gasteiger partial charge is 0.314 e. The summed E-state index contributed by atoms with van der Waals surface area (Å²) in [5, 5.41) is 1.86. The summed E-state index contributed by atoms with van der Waals surface area (Å²) in [6, 6.07) is 0. The number of rotatable bonds is 5. The van der Waals surface area contributed by atoms with Crippen molar-refractivity contribution in [3.63, 3.8) is 0 Å². The SMILES string of the molecule is CCCCC(C)C(Cl)NC(=O)Cl. The van der Waals surface area contributed by atoms with Gasteiger partial charge in [-0.3, -0.25) is 4.79 Å². The van der Waals surface area contributed by atoms with Crippen molar-refractivity contribution in [3.8, 4) is 0 Å². The second kappa shape index (κ2) is 6.55. The fourth-order valence-electron chi connectivity index (χ4n) is 0.923. The lowest BCUT2D eigenvalue weighted by Gasteiger charge is -2.17. The van der Waals surface area contributed by atoms with Crippen LogP contribution in [0.1, 0.15) is 33.1 Å². The predicted octanol–water partition coefficient (Wildman–Crippen LogP) is 3.33. The quantitative estimate of drug-likeness (QED) is 0.422. The van der Waals surface area contributed by atoms with Gasteiger partial charge in [-0.2, -0.15) is 0 Å². The second-order valence-corrected chi connectivity index (χ2v) is 3.75. The van der Waals surface area contributed by atoms with E-state index in [1.165, 1.54) is 0 Å². The summed E-state index contributed by atoms with van der Waals surface area (Å²) in [6.07, 6.45) is 3.28. The molecular formula is C8H15Cl2NO. The van der Waals surface area contributed by atoms with Crippen LogP contribution in [0.25, 0.3) is 0 Å². The Balaban J connectivity index is 3.60. The Morgan fingerprint density at radius 3 is 2.58 bits per heavy atom. The maximum Gasteiger partial charge on any atom is 0.314 e. The van der Waals surface area contributed by atoms with Crippen LogP contribution < -0.4 is 5.32 Å². The minimum Gasteiger partial charge on any atom is -0.326 e. The van der Waals surface area contributed by atoms with E-state index < -0.39 is 5.37 Å². The number of hydrogen-bond acceptors (Lipinski definition) is 1. The molecular weight excluding hydrogens is 197 g/mol. The molecule has 0 heterocycles. The highest BCUT2D eigenvalue weighted by molar-refractivity contribution is 6.63. The van der Waals surface area contributed by atoms with Crippen LogP contribution >= 0.6 is 23.2 Å². The van der Waals surface area contributed by atoms with Crippen LogP contribution in [0.15, 0.2) is 0 Å². The number of carbonyl (C=O) groups excluding carboxylic acids is 1.